The van der Waals surface area contributed by atoms with E-state index < -0.39 is 0 Å². The van der Waals surface area contributed by atoms with Crippen LogP contribution in [0.1, 0.15) is 84.9 Å². The van der Waals surface area contributed by atoms with E-state index in [0.29, 0.717) is 6.54 Å². The molecule has 0 aliphatic carbocycles. The summed E-state index contributed by atoms with van der Waals surface area (Å²) in [7, 11) is 0. The second-order valence-corrected chi connectivity index (χ2v) is 8.58. The van der Waals surface area contributed by atoms with Crippen LogP contribution in [0.5, 0.6) is 0 Å². The van der Waals surface area contributed by atoms with Crippen LogP contribution in [0, 0.1) is 5.41 Å². The molecule has 8 heteroatoms. The number of rotatable bonds is 12. The summed E-state index contributed by atoms with van der Waals surface area (Å²) in [5.74, 6) is 0.758. The summed E-state index contributed by atoms with van der Waals surface area (Å²) in [5.41, 5.74) is 1.04. The van der Waals surface area contributed by atoms with E-state index in [1.165, 1.54) is 0 Å². The molecule has 0 saturated heterocycles. The fraction of sp³-hybridized carbons (Fsp3) is 0.889. The number of H-pyrrole nitrogens is 1. The van der Waals surface area contributed by atoms with E-state index in [9.17, 15) is 5.11 Å². The van der Waals surface area contributed by atoms with Gasteiger partial charge in [0.05, 0.1) is 11.8 Å². The second kappa shape index (κ2) is 9.30. The Morgan fingerprint density at radius 3 is 2.19 bits per heavy atom. The van der Waals surface area contributed by atoms with Crippen molar-refractivity contribution in [1.29, 1.82) is 0 Å². The van der Waals surface area contributed by atoms with Crippen LogP contribution >= 0.6 is 0 Å². The molecule has 0 spiro atoms. The molecule has 1 unspecified atom stereocenters. The molecule has 146 valence electrons. The van der Waals surface area contributed by atoms with E-state index in [0.717, 1.165) is 62.9 Å². The minimum Gasteiger partial charge on any atom is -0.393 e. The van der Waals surface area contributed by atoms with Crippen molar-refractivity contribution >= 4 is 5.71 Å². The summed E-state index contributed by atoms with van der Waals surface area (Å²) < 4.78 is 0. The van der Waals surface area contributed by atoms with Crippen LogP contribution in [0.25, 0.3) is 0 Å². The molecule has 0 fully saturated rings. The van der Waals surface area contributed by atoms with Gasteiger partial charge in [0.2, 0.25) is 0 Å². The van der Waals surface area contributed by atoms with Gasteiger partial charge in [0.25, 0.3) is 0 Å². The molecular weight excluding hydrogens is 330 g/mol. The van der Waals surface area contributed by atoms with Gasteiger partial charge in [-0.3, -0.25) is 0 Å². The highest BCUT2D eigenvalue weighted by atomic mass is 16.3. The number of nitrogens with one attached hydrogen (secondary N) is 1. The highest BCUT2D eigenvalue weighted by Crippen LogP contribution is 2.29. The van der Waals surface area contributed by atoms with Gasteiger partial charge in [0.15, 0.2) is 5.82 Å². The molecule has 8 nitrogen and oxygen atoms in total. The van der Waals surface area contributed by atoms with E-state index in [1.807, 2.05) is 0 Å². The van der Waals surface area contributed by atoms with Crippen LogP contribution in [0.3, 0.4) is 0 Å². The number of hydrogen-bond donors (Lipinski definition) is 2. The largest absolute Gasteiger partial charge is 0.393 e. The van der Waals surface area contributed by atoms with E-state index in [-0.39, 0.29) is 16.9 Å². The zero-order valence-electron chi connectivity index (χ0n) is 16.6. The first kappa shape index (κ1) is 20.6. The van der Waals surface area contributed by atoms with Crippen LogP contribution in [0.4, 0.5) is 0 Å². The highest BCUT2D eigenvalue weighted by Gasteiger charge is 2.27. The van der Waals surface area contributed by atoms with Gasteiger partial charge in [-0.2, -0.15) is 10.3 Å². The number of unbranched alkanes of at least 4 members (excludes halogenated alkanes) is 2. The number of aliphatic hydroxyl groups is 1. The molecule has 2 N–H and O–H groups in total. The van der Waals surface area contributed by atoms with Gasteiger partial charge < -0.3 is 5.11 Å². The number of aromatic amines is 1. The van der Waals surface area contributed by atoms with Crippen LogP contribution in [-0.2, 0) is 5.41 Å². The summed E-state index contributed by atoms with van der Waals surface area (Å²) in [5, 5.41) is 36.3. The van der Waals surface area contributed by atoms with Crippen molar-refractivity contribution in [3.63, 3.8) is 0 Å². The minimum absolute atomic E-state index is 0.0508. The van der Waals surface area contributed by atoms with E-state index >= 15 is 0 Å². The van der Waals surface area contributed by atoms with Crippen molar-refractivity contribution in [2.45, 2.75) is 90.6 Å². The van der Waals surface area contributed by atoms with Crippen molar-refractivity contribution < 1.29 is 5.11 Å². The SMILES string of the molecule is CC(C)(CCCCC(O)CCCCC(C)(C)c1nn[nH]n1)C1=NN=NC1. The molecule has 1 aromatic rings. The zero-order valence-corrected chi connectivity index (χ0v) is 16.6. The molecule has 1 aliphatic rings. The first-order valence-electron chi connectivity index (χ1n) is 9.67. The van der Waals surface area contributed by atoms with Crippen LogP contribution < -0.4 is 0 Å². The van der Waals surface area contributed by atoms with Gasteiger partial charge in [-0.05, 0) is 30.9 Å². The van der Waals surface area contributed by atoms with Crippen molar-refractivity contribution in [2.24, 2.45) is 20.9 Å². The van der Waals surface area contributed by atoms with Crippen molar-refractivity contribution in [2.75, 3.05) is 6.54 Å². The third-order valence-electron chi connectivity index (χ3n) is 5.36. The highest BCUT2D eigenvalue weighted by molar-refractivity contribution is 5.91. The van der Waals surface area contributed by atoms with Crippen molar-refractivity contribution in [3.05, 3.63) is 5.82 Å². The topological polar surface area (TPSA) is 112 Å². The van der Waals surface area contributed by atoms with Gasteiger partial charge in [0, 0.05) is 10.8 Å². The summed E-state index contributed by atoms with van der Waals surface area (Å²) in [4.78, 5) is 0. The van der Waals surface area contributed by atoms with Gasteiger partial charge in [0.1, 0.15) is 6.54 Å². The lowest BCUT2D eigenvalue weighted by Crippen LogP contribution is -2.25. The van der Waals surface area contributed by atoms with Gasteiger partial charge >= 0.3 is 0 Å². The van der Waals surface area contributed by atoms with E-state index in [2.05, 4.69) is 63.8 Å². The molecule has 1 aliphatic heterocycles. The monoisotopic (exact) mass is 363 g/mol. The lowest BCUT2D eigenvalue weighted by molar-refractivity contribution is 0.145. The minimum atomic E-state index is -0.208. The molecule has 0 saturated carbocycles. The van der Waals surface area contributed by atoms with E-state index in [4.69, 9.17) is 0 Å². The molecule has 0 bridgehead atoms. The number of nitrogens with zero attached hydrogens (tertiary/aromatic N) is 6. The molecule has 2 heterocycles. The fourth-order valence-electron chi connectivity index (χ4n) is 3.31. The molecule has 1 atom stereocenters. The Balaban J connectivity index is 1.54. The Labute approximate surface area is 156 Å². The number of hydrogen-bond acceptors (Lipinski definition) is 7. The maximum Gasteiger partial charge on any atom is 0.180 e. The smallest absolute Gasteiger partial charge is 0.180 e. The Hall–Kier alpha value is -1.70. The normalized spacial score (nSPS) is 16.1. The Morgan fingerprint density at radius 1 is 1.00 bits per heavy atom. The zero-order chi connectivity index (χ0) is 19.0. The Bertz CT molecular complexity index is 593. The number of tetrazole rings is 1. The molecular formula is C18H33N7O. The molecule has 26 heavy (non-hydrogen) atoms. The maximum absolute atomic E-state index is 10.2. The van der Waals surface area contributed by atoms with Crippen LogP contribution in [-0.4, -0.2) is 44.1 Å². The molecule has 0 radical (unpaired) electrons. The lowest BCUT2D eigenvalue weighted by atomic mass is 9.82. The maximum atomic E-state index is 10.2. The molecule has 2 rings (SSSR count). The predicted octanol–water partition coefficient (Wildman–Crippen LogP) is 3.81. The standard InChI is InChI=1S/C18H33N7O/c1-17(2,15-13-19-23-20-15)11-7-5-9-14(26)10-6-8-12-18(3,4)16-21-24-25-22-16/h14,26H,5-13H2,1-4H3,(H,21,22,24,25). The lowest BCUT2D eigenvalue weighted by Gasteiger charge is -2.23. The fourth-order valence-corrected chi connectivity index (χ4v) is 3.31. The third-order valence-corrected chi connectivity index (χ3v) is 5.36. The average Bonchev–Trinajstić information content (AvgIpc) is 3.29. The summed E-state index contributed by atoms with van der Waals surface area (Å²) in [6.45, 7) is 9.29. The first-order valence-corrected chi connectivity index (χ1v) is 9.67. The summed E-state index contributed by atoms with van der Waals surface area (Å²) in [6.07, 6.45) is 7.77. The Morgan fingerprint density at radius 2 is 1.65 bits per heavy atom. The number of aliphatic hydroxyl groups excluding tert-OH is 1. The summed E-state index contributed by atoms with van der Waals surface area (Å²) >= 11 is 0. The summed E-state index contributed by atoms with van der Waals surface area (Å²) in [6, 6.07) is 0. The van der Waals surface area contributed by atoms with E-state index in [1.54, 1.807) is 0 Å². The van der Waals surface area contributed by atoms with Crippen LogP contribution in [0.2, 0.25) is 0 Å². The van der Waals surface area contributed by atoms with Gasteiger partial charge in [-0.1, -0.05) is 58.6 Å². The number of aromatic nitrogens is 4. The average molecular weight is 364 g/mol. The predicted molar refractivity (Wildman–Crippen MR) is 101 cm³/mol. The first-order chi connectivity index (χ1) is 12.3. The van der Waals surface area contributed by atoms with Crippen molar-refractivity contribution in [3.8, 4) is 0 Å². The quantitative estimate of drug-likeness (QED) is 0.550. The van der Waals surface area contributed by atoms with Gasteiger partial charge in [-0.15, -0.1) is 15.3 Å². The molecule has 1 aromatic heterocycles. The Kier molecular flexibility index (Phi) is 7.37. The molecule has 0 aromatic carbocycles. The second-order valence-electron chi connectivity index (χ2n) is 8.58. The molecule has 0 amide bonds. The van der Waals surface area contributed by atoms with Crippen LogP contribution in [0.15, 0.2) is 15.4 Å². The van der Waals surface area contributed by atoms with Crippen molar-refractivity contribution in [1.82, 2.24) is 20.6 Å². The third kappa shape index (κ3) is 6.23. The van der Waals surface area contributed by atoms with Gasteiger partial charge in [-0.25, -0.2) is 0 Å².